The van der Waals surface area contributed by atoms with Gasteiger partial charge in [-0.2, -0.15) is 0 Å². The molecule has 0 bridgehead atoms. The maximum atomic E-state index is 4.12. The number of rotatable bonds is 9. The van der Waals surface area contributed by atoms with E-state index in [1.807, 2.05) is 0 Å². The minimum absolute atomic E-state index is 0.637. The summed E-state index contributed by atoms with van der Waals surface area (Å²) in [5.74, 6) is 1.70. The molecule has 2 rings (SSSR count). The van der Waals surface area contributed by atoms with Gasteiger partial charge in [0.05, 0.1) is 0 Å². The van der Waals surface area contributed by atoms with Crippen LogP contribution in [0.1, 0.15) is 62.5 Å². The van der Waals surface area contributed by atoms with Gasteiger partial charge in [-0.25, -0.2) is 9.98 Å². The molecule has 1 saturated carbocycles. The molecular weight excluding hydrogens is 268 g/mol. The average molecular weight is 296 g/mol. The minimum atomic E-state index is 0.637. The number of unbranched alkanes of at least 4 members (excludes halogenated alkanes) is 3. The average Bonchev–Trinajstić information content (AvgIpc) is 2.51. The molecule has 1 aromatic rings. The van der Waals surface area contributed by atoms with Gasteiger partial charge < -0.3 is 0 Å². The van der Waals surface area contributed by atoms with E-state index in [4.69, 9.17) is 0 Å². The second-order valence-corrected chi connectivity index (χ2v) is 6.24. The monoisotopic (exact) mass is 296 g/mol. The zero-order chi connectivity index (χ0) is 15.6. The second kappa shape index (κ2) is 9.34. The largest absolute Gasteiger partial charge is 0.245 e. The van der Waals surface area contributed by atoms with Gasteiger partial charge in [-0.05, 0) is 31.0 Å². The highest BCUT2D eigenvalue weighted by atomic mass is 14.9. The summed E-state index contributed by atoms with van der Waals surface area (Å²) in [4.78, 5) is 8.04. The fourth-order valence-corrected chi connectivity index (χ4v) is 3.01. The van der Waals surface area contributed by atoms with E-state index in [9.17, 15) is 0 Å². The van der Waals surface area contributed by atoms with Crippen LogP contribution in [0.15, 0.2) is 47.0 Å². The lowest BCUT2D eigenvalue weighted by Gasteiger charge is -2.24. The number of hydrogen-bond acceptors (Lipinski definition) is 1. The Kier molecular flexibility index (Phi) is 7.08. The van der Waals surface area contributed by atoms with Gasteiger partial charge in [-0.15, -0.1) is 0 Å². The van der Waals surface area contributed by atoms with Crippen molar-refractivity contribution in [1.82, 2.24) is 0 Å². The molecule has 1 aromatic carbocycles. The first-order valence-electron chi connectivity index (χ1n) is 8.58. The van der Waals surface area contributed by atoms with Crippen molar-refractivity contribution in [3.63, 3.8) is 0 Å². The number of aliphatic imine (C=N–C) groups is 2. The highest BCUT2D eigenvalue weighted by molar-refractivity contribution is 6.01. The van der Waals surface area contributed by atoms with Gasteiger partial charge in [0.25, 0.3) is 0 Å². The van der Waals surface area contributed by atoms with Gasteiger partial charge in [-0.1, -0.05) is 75.8 Å². The van der Waals surface area contributed by atoms with Crippen molar-refractivity contribution in [2.24, 2.45) is 15.9 Å². The molecular formula is C20H28N2. The molecule has 0 amide bonds. The summed E-state index contributed by atoms with van der Waals surface area (Å²) < 4.78 is 0. The predicted octanol–water partition coefficient (Wildman–Crippen LogP) is 5.57. The molecule has 0 radical (unpaired) electrons. The molecule has 0 aliphatic heterocycles. The van der Waals surface area contributed by atoms with Gasteiger partial charge in [0.2, 0.25) is 0 Å². The molecule has 1 fully saturated rings. The van der Waals surface area contributed by atoms with Crippen molar-refractivity contribution in [3.05, 3.63) is 48.2 Å². The van der Waals surface area contributed by atoms with E-state index in [0.29, 0.717) is 5.84 Å². The van der Waals surface area contributed by atoms with Crippen molar-refractivity contribution in [3.8, 4) is 0 Å². The molecule has 0 aromatic heterocycles. The van der Waals surface area contributed by atoms with Crippen LogP contribution in [0.2, 0.25) is 0 Å². The van der Waals surface area contributed by atoms with E-state index in [-0.39, 0.29) is 0 Å². The summed E-state index contributed by atoms with van der Waals surface area (Å²) in [6, 6.07) is 8.49. The first-order valence-corrected chi connectivity index (χ1v) is 8.58. The second-order valence-electron chi connectivity index (χ2n) is 6.24. The van der Waals surface area contributed by atoms with Crippen molar-refractivity contribution < 1.29 is 0 Å². The Morgan fingerprint density at radius 1 is 1.09 bits per heavy atom. The standard InChI is InChI=1S/C20H28N2/c1-3-22-20(21-2)19-15-13-18(14-16-19)10-7-5-4-6-9-17-11-8-12-17/h3,13-17H,1-2,4-12H2/b22-20-. The molecule has 1 aliphatic carbocycles. The first kappa shape index (κ1) is 16.7. The SMILES string of the molecule is C=C/N=C(\N=C)c1ccc(CCCCCCC2CCC2)cc1. The van der Waals surface area contributed by atoms with Gasteiger partial charge >= 0.3 is 0 Å². The normalized spacial score (nSPS) is 15.4. The quantitative estimate of drug-likeness (QED) is 0.323. The molecule has 0 heterocycles. The Morgan fingerprint density at radius 3 is 2.41 bits per heavy atom. The summed E-state index contributed by atoms with van der Waals surface area (Å²) in [7, 11) is 0. The molecule has 0 unspecified atom stereocenters. The highest BCUT2D eigenvalue weighted by Gasteiger charge is 2.15. The first-order chi connectivity index (χ1) is 10.8. The van der Waals surface area contributed by atoms with E-state index in [1.165, 1.54) is 69.6 Å². The van der Waals surface area contributed by atoms with Crippen molar-refractivity contribution in [2.45, 2.75) is 57.8 Å². The van der Waals surface area contributed by atoms with Crippen LogP contribution in [0.5, 0.6) is 0 Å². The number of amidine groups is 1. The smallest absolute Gasteiger partial charge is 0.158 e. The lowest BCUT2D eigenvalue weighted by atomic mass is 9.81. The molecule has 0 atom stereocenters. The van der Waals surface area contributed by atoms with Crippen LogP contribution >= 0.6 is 0 Å². The van der Waals surface area contributed by atoms with E-state index >= 15 is 0 Å². The third-order valence-corrected chi connectivity index (χ3v) is 4.63. The summed E-state index contributed by atoms with van der Waals surface area (Å²) in [5, 5.41) is 0. The van der Waals surface area contributed by atoms with Crippen LogP contribution in [0.3, 0.4) is 0 Å². The fraction of sp³-hybridized carbons (Fsp3) is 0.500. The highest BCUT2D eigenvalue weighted by Crippen LogP contribution is 2.31. The molecule has 2 nitrogen and oxygen atoms in total. The summed E-state index contributed by atoms with van der Waals surface area (Å²) >= 11 is 0. The number of benzene rings is 1. The van der Waals surface area contributed by atoms with Gasteiger partial charge in [0.1, 0.15) is 0 Å². The van der Waals surface area contributed by atoms with Crippen molar-refractivity contribution >= 4 is 12.6 Å². The molecule has 2 heteroatoms. The van der Waals surface area contributed by atoms with Gasteiger partial charge in [0, 0.05) is 11.8 Å². The van der Waals surface area contributed by atoms with Gasteiger partial charge in [-0.3, -0.25) is 0 Å². The summed E-state index contributed by atoms with van der Waals surface area (Å²) in [5.41, 5.74) is 2.39. The Labute approximate surface area is 135 Å². The number of aryl methyl sites for hydroxylation is 1. The molecule has 1 aliphatic rings. The maximum Gasteiger partial charge on any atom is 0.158 e. The van der Waals surface area contributed by atoms with Crippen LogP contribution in [-0.2, 0) is 6.42 Å². The zero-order valence-corrected chi connectivity index (χ0v) is 13.6. The van der Waals surface area contributed by atoms with E-state index in [1.54, 1.807) is 0 Å². The topological polar surface area (TPSA) is 24.7 Å². The third kappa shape index (κ3) is 5.25. The Bertz CT molecular complexity index is 495. The Hall–Kier alpha value is -1.70. The number of hydrogen-bond donors (Lipinski definition) is 0. The van der Waals surface area contributed by atoms with Crippen LogP contribution < -0.4 is 0 Å². The van der Waals surface area contributed by atoms with Crippen LogP contribution in [0.25, 0.3) is 0 Å². The summed E-state index contributed by atoms with van der Waals surface area (Å²) in [6.45, 7) is 7.15. The van der Waals surface area contributed by atoms with E-state index < -0.39 is 0 Å². The van der Waals surface area contributed by atoms with E-state index in [0.717, 1.165) is 11.5 Å². The van der Waals surface area contributed by atoms with Crippen molar-refractivity contribution in [2.75, 3.05) is 0 Å². The van der Waals surface area contributed by atoms with Crippen molar-refractivity contribution in [1.29, 1.82) is 0 Å². The molecule has 118 valence electrons. The zero-order valence-electron chi connectivity index (χ0n) is 13.6. The lowest BCUT2D eigenvalue weighted by molar-refractivity contribution is 0.286. The van der Waals surface area contributed by atoms with Crippen LogP contribution in [0.4, 0.5) is 0 Å². The lowest BCUT2D eigenvalue weighted by Crippen LogP contribution is -2.10. The Balaban J connectivity index is 1.66. The van der Waals surface area contributed by atoms with Crippen LogP contribution in [-0.4, -0.2) is 12.6 Å². The minimum Gasteiger partial charge on any atom is -0.245 e. The fourth-order valence-electron chi connectivity index (χ4n) is 3.01. The molecule has 0 N–H and O–H groups in total. The van der Waals surface area contributed by atoms with Gasteiger partial charge in [0.15, 0.2) is 5.84 Å². The van der Waals surface area contributed by atoms with E-state index in [2.05, 4.69) is 47.5 Å². The Morgan fingerprint density at radius 2 is 1.82 bits per heavy atom. The third-order valence-electron chi connectivity index (χ3n) is 4.63. The summed E-state index contributed by atoms with van der Waals surface area (Å²) in [6.07, 6.45) is 14.0. The number of nitrogens with zero attached hydrogens (tertiary/aromatic N) is 2. The predicted molar refractivity (Wildman–Crippen MR) is 96.9 cm³/mol. The van der Waals surface area contributed by atoms with Crippen LogP contribution in [0, 0.1) is 5.92 Å². The molecule has 0 spiro atoms. The molecule has 22 heavy (non-hydrogen) atoms. The molecule has 0 saturated heterocycles. The maximum absolute atomic E-state index is 4.12.